The Morgan fingerprint density at radius 2 is 0.865 bits per heavy atom. The standard InChI is InChI=1S/C46H54NO2PS2/c1-9-51(7,10-2)41-31-37-27-19-21-29-39(37)43-44-40-30-22-20-28-38(40)32-42(52(8,11-3)12-4)46(44)49-50(48-45(41)43)47(33(5)35-23-15-13-16-24-35)34(6)36-25-17-14-18-26-36/h13-34H,9-12H2,1-8H3/t33-,34-/m1/s1. The minimum Gasteiger partial charge on any atom is -0.407 e. The average molecular weight is 748 g/mol. The van der Waals surface area contributed by atoms with E-state index in [1.54, 1.807) is 0 Å². The first kappa shape index (κ1) is 36.7. The lowest BCUT2D eigenvalue weighted by Gasteiger charge is -2.35. The van der Waals surface area contributed by atoms with Gasteiger partial charge in [0.05, 0.1) is 0 Å². The molecule has 0 bridgehead atoms. The first-order valence-corrected chi connectivity index (χ1v) is 24.7. The second kappa shape index (κ2) is 15.0. The van der Waals surface area contributed by atoms with Gasteiger partial charge >= 0.3 is 8.16 Å². The first-order chi connectivity index (χ1) is 25.2. The Morgan fingerprint density at radius 1 is 0.519 bits per heavy atom. The highest BCUT2D eigenvalue weighted by Crippen LogP contribution is 2.61. The summed E-state index contributed by atoms with van der Waals surface area (Å²) in [5.41, 5.74) is 4.53. The molecule has 0 aliphatic heterocycles. The van der Waals surface area contributed by atoms with Gasteiger partial charge in [-0.05, 0) is 94.2 Å². The molecular formula is C46H54NO2PS2. The van der Waals surface area contributed by atoms with Gasteiger partial charge in [0.15, 0.2) is 11.2 Å². The molecule has 1 heterocycles. The number of hydrogen-bond donors (Lipinski definition) is 0. The van der Waals surface area contributed by atoms with Crippen molar-refractivity contribution in [3.63, 3.8) is 0 Å². The van der Waals surface area contributed by atoms with Crippen LogP contribution in [0.2, 0.25) is 0 Å². The van der Waals surface area contributed by atoms with Crippen molar-refractivity contribution in [3.8, 4) is 0 Å². The van der Waals surface area contributed by atoms with E-state index >= 15 is 0 Å². The number of nitrogens with zero attached hydrogens (tertiary/aromatic N) is 1. The largest absolute Gasteiger partial charge is 0.407 e. The minimum atomic E-state index is -1.66. The van der Waals surface area contributed by atoms with E-state index in [4.69, 9.17) is 8.39 Å². The van der Waals surface area contributed by atoms with Crippen molar-refractivity contribution in [1.82, 2.24) is 0 Å². The van der Waals surface area contributed by atoms with Crippen LogP contribution >= 0.6 is 28.2 Å². The van der Waals surface area contributed by atoms with Gasteiger partial charge in [0, 0.05) is 32.6 Å². The molecule has 1 aromatic heterocycles. The molecular weight excluding hydrogens is 694 g/mol. The van der Waals surface area contributed by atoms with Crippen molar-refractivity contribution in [1.29, 1.82) is 0 Å². The van der Waals surface area contributed by atoms with Crippen molar-refractivity contribution in [2.45, 2.75) is 63.4 Å². The smallest absolute Gasteiger partial charge is 0.310 e. The highest BCUT2D eigenvalue weighted by molar-refractivity contribution is 8.33. The molecule has 0 fully saturated rings. The van der Waals surface area contributed by atoms with Crippen LogP contribution in [0.4, 0.5) is 0 Å². The van der Waals surface area contributed by atoms with Gasteiger partial charge < -0.3 is 8.39 Å². The fraction of sp³-hybridized carbons (Fsp3) is 0.304. The quantitative estimate of drug-likeness (QED) is 0.132. The molecule has 272 valence electrons. The summed E-state index contributed by atoms with van der Waals surface area (Å²) in [5.74, 6) is 4.34. The van der Waals surface area contributed by atoms with Crippen LogP contribution in [0.5, 0.6) is 0 Å². The highest BCUT2D eigenvalue weighted by atomic mass is 32.3. The minimum absolute atomic E-state index is 0.0208. The summed E-state index contributed by atoms with van der Waals surface area (Å²) in [4.78, 5) is 2.70. The number of benzene rings is 6. The van der Waals surface area contributed by atoms with Gasteiger partial charge in [0.2, 0.25) is 0 Å². The van der Waals surface area contributed by atoms with Crippen LogP contribution in [0.15, 0.2) is 140 Å². The molecule has 7 aromatic rings. The number of hydrogen-bond acceptors (Lipinski definition) is 3. The maximum absolute atomic E-state index is 7.76. The van der Waals surface area contributed by atoms with E-state index < -0.39 is 28.2 Å². The maximum Gasteiger partial charge on any atom is 0.310 e. The summed E-state index contributed by atoms with van der Waals surface area (Å²) in [6.07, 6.45) is 4.99. The van der Waals surface area contributed by atoms with E-state index in [9.17, 15) is 0 Å². The lowest BCUT2D eigenvalue weighted by atomic mass is 9.98. The lowest BCUT2D eigenvalue weighted by molar-refractivity contribution is 0.555. The summed E-state index contributed by atoms with van der Waals surface area (Å²) >= 11 is 0. The summed E-state index contributed by atoms with van der Waals surface area (Å²) in [6, 6.07) is 44.6. The third-order valence-corrected chi connectivity index (χ3v) is 21.3. The van der Waals surface area contributed by atoms with E-state index in [2.05, 4.69) is 180 Å². The molecule has 0 aliphatic rings. The predicted molar refractivity (Wildman–Crippen MR) is 235 cm³/mol. The molecule has 0 spiro atoms. The molecule has 0 aliphatic carbocycles. The molecule has 2 atom stereocenters. The third-order valence-electron chi connectivity index (χ3n) is 11.7. The second-order valence-electron chi connectivity index (χ2n) is 14.3. The van der Waals surface area contributed by atoms with Crippen LogP contribution < -0.4 is 4.67 Å². The number of rotatable bonds is 11. The zero-order valence-electron chi connectivity index (χ0n) is 32.1. The van der Waals surface area contributed by atoms with Crippen molar-refractivity contribution in [3.05, 3.63) is 132 Å². The summed E-state index contributed by atoms with van der Waals surface area (Å²) < 4.78 is 18.1. The Kier molecular flexibility index (Phi) is 10.6. The zero-order valence-corrected chi connectivity index (χ0v) is 34.6. The van der Waals surface area contributed by atoms with Gasteiger partial charge in [-0.25, -0.2) is 20.1 Å². The zero-order chi connectivity index (χ0) is 36.6. The van der Waals surface area contributed by atoms with Gasteiger partial charge in [0.1, 0.15) is 0 Å². The summed E-state index contributed by atoms with van der Waals surface area (Å²) in [6.45, 7) is 14.1. The molecule has 0 saturated carbocycles. The van der Waals surface area contributed by atoms with Crippen LogP contribution in [-0.4, -0.2) is 35.5 Å². The van der Waals surface area contributed by atoms with Crippen LogP contribution in [0, 0.1) is 0 Å². The van der Waals surface area contributed by atoms with Crippen molar-refractivity contribution in [2.24, 2.45) is 0 Å². The van der Waals surface area contributed by atoms with Gasteiger partial charge in [-0.2, -0.15) is 4.67 Å². The van der Waals surface area contributed by atoms with Crippen LogP contribution in [0.1, 0.15) is 64.8 Å². The molecule has 0 unspecified atom stereocenters. The molecule has 6 aromatic carbocycles. The summed E-state index contributed by atoms with van der Waals surface area (Å²) in [7, 11) is -4.11. The van der Waals surface area contributed by atoms with Crippen molar-refractivity contribution in [2.75, 3.05) is 40.2 Å². The van der Waals surface area contributed by atoms with E-state index in [1.165, 1.54) is 53.2 Å². The van der Waals surface area contributed by atoms with Gasteiger partial charge in [-0.15, -0.1) is 0 Å². The predicted octanol–water partition coefficient (Wildman–Crippen LogP) is 14.7. The van der Waals surface area contributed by atoms with E-state index in [1.807, 2.05) is 0 Å². The Balaban J connectivity index is 1.78. The van der Waals surface area contributed by atoms with E-state index in [0.717, 1.165) is 34.2 Å². The second-order valence-corrected chi connectivity index (χ2v) is 23.9. The molecule has 52 heavy (non-hydrogen) atoms. The first-order valence-electron chi connectivity index (χ1n) is 18.8. The monoisotopic (exact) mass is 747 g/mol. The maximum atomic E-state index is 7.76. The highest BCUT2D eigenvalue weighted by Gasteiger charge is 2.33. The van der Waals surface area contributed by atoms with E-state index in [0.29, 0.717) is 0 Å². The topological polar surface area (TPSA) is 29.5 Å². The Hall–Kier alpha value is -3.60. The fourth-order valence-corrected chi connectivity index (χ4v) is 13.6. The van der Waals surface area contributed by atoms with Crippen molar-refractivity contribution < 1.29 is 8.39 Å². The normalized spacial score (nSPS) is 14.3. The fourth-order valence-electron chi connectivity index (χ4n) is 7.70. The van der Waals surface area contributed by atoms with Gasteiger partial charge in [-0.3, -0.25) is 0 Å². The summed E-state index contributed by atoms with van der Waals surface area (Å²) in [5, 5.41) is 7.37. The molecule has 3 nitrogen and oxygen atoms in total. The Morgan fingerprint density at radius 3 is 1.23 bits per heavy atom. The Labute approximate surface area is 314 Å². The molecule has 0 amide bonds. The van der Waals surface area contributed by atoms with Gasteiger partial charge in [0.25, 0.3) is 0 Å². The lowest BCUT2D eigenvalue weighted by Crippen LogP contribution is -2.27. The molecule has 0 N–H and O–H groups in total. The number of fused-ring (bicyclic) bond motifs is 7. The molecule has 7 rings (SSSR count). The van der Waals surface area contributed by atoms with Crippen molar-refractivity contribution >= 4 is 71.7 Å². The van der Waals surface area contributed by atoms with E-state index in [-0.39, 0.29) is 12.1 Å². The average Bonchev–Trinajstić information content (AvgIpc) is 3.38. The van der Waals surface area contributed by atoms with Crippen LogP contribution in [0.3, 0.4) is 0 Å². The van der Waals surface area contributed by atoms with Gasteiger partial charge in [-0.1, -0.05) is 137 Å². The molecule has 6 heteroatoms. The third kappa shape index (κ3) is 6.38. The molecule has 0 radical (unpaired) electrons. The Bertz CT molecular complexity index is 2220. The van der Waals surface area contributed by atoms with Crippen LogP contribution in [0.25, 0.3) is 43.5 Å². The molecule has 0 saturated heterocycles. The SMILES string of the molecule is CCS(C)(CC)c1cc2ccccc2c2c1op(N([C@H](C)c1ccccc1)[C@H](C)c1ccccc1)oc1c(S(C)(CC)CC)cc3ccccc3c12. The van der Waals surface area contributed by atoms with Crippen LogP contribution in [-0.2, 0) is 0 Å².